The van der Waals surface area contributed by atoms with Gasteiger partial charge in [-0.25, -0.2) is 18.4 Å². The molecular weight excluding hydrogens is 288 g/mol. The number of nitrogens with zero attached hydrogens (tertiary/aromatic N) is 3. The molecule has 0 amide bonds. The number of aromatic nitrogens is 2. The Morgan fingerprint density at radius 1 is 1.25 bits per heavy atom. The van der Waals surface area contributed by atoms with Crippen molar-refractivity contribution in [2.75, 3.05) is 37.2 Å². The molecule has 1 aliphatic rings. The predicted molar refractivity (Wildman–Crippen MR) is 72.8 cm³/mol. The minimum Gasteiger partial charge on any atom is -0.378 e. The van der Waals surface area contributed by atoms with Gasteiger partial charge in [0.25, 0.3) is 0 Å². The van der Waals surface area contributed by atoms with E-state index in [-0.39, 0.29) is 5.52 Å². The molecule has 20 heavy (non-hydrogen) atoms. The molecule has 0 aliphatic carbocycles. The first-order chi connectivity index (χ1) is 9.72. The molecule has 1 aliphatic heterocycles. The lowest BCUT2D eigenvalue weighted by Gasteiger charge is -2.31. The number of hydrogen-bond acceptors (Lipinski definition) is 3. The zero-order valence-electron chi connectivity index (χ0n) is 10.8. The van der Waals surface area contributed by atoms with Crippen LogP contribution in [0.1, 0.15) is 5.82 Å². The van der Waals surface area contributed by atoms with Crippen molar-refractivity contribution in [1.29, 1.82) is 0 Å². The maximum Gasteiger partial charge on any atom is 0.186 e. The van der Waals surface area contributed by atoms with E-state index in [0.717, 1.165) is 6.07 Å². The summed E-state index contributed by atoms with van der Waals surface area (Å²) in [5.74, 6) is -0.731. The molecule has 1 saturated heterocycles. The molecule has 1 aromatic heterocycles. The van der Waals surface area contributed by atoms with Crippen molar-refractivity contribution in [1.82, 2.24) is 9.66 Å². The van der Waals surface area contributed by atoms with Crippen LogP contribution in [0.2, 0.25) is 0 Å². The van der Waals surface area contributed by atoms with E-state index in [9.17, 15) is 8.78 Å². The second-order valence-corrected chi connectivity index (χ2v) is 4.95. The van der Waals surface area contributed by atoms with E-state index in [0.29, 0.717) is 49.9 Å². The van der Waals surface area contributed by atoms with Crippen LogP contribution in [0.4, 0.5) is 8.78 Å². The number of benzene rings is 1. The fraction of sp³-hybridized carbons (Fsp3) is 0.462. The highest BCUT2D eigenvalue weighted by Gasteiger charge is 2.22. The monoisotopic (exact) mass is 301 g/mol. The molecule has 108 valence electrons. The summed E-state index contributed by atoms with van der Waals surface area (Å²) in [6, 6.07) is 2.58. The first-order valence-electron chi connectivity index (χ1n) is 6.46. The number of hydrogen-bond donors (Lipinski definition) is 0. The van der Waals surface area contributed by atoms with Crippen LogP contribution in [-0.2, 0) is 11.2 Å². The number of fused-ring (bicyclic) bond motifs is 1. The summed E-state index contributed by atoms with van der Waals surface area (Å²) in [6.45, 7) is 2.32. The summed E-state index contributed by atoms with van der Waals surface area (Å²) < 4.78 is 34.6. The Kier molecular flexibility index (Phi) is 3.76. The number of imidazole rings is 1. The van der Waals surface area contributed by atoms with E-state index in [1.54, 1.807) is 4.68 Å². The van der Waals surface area contributed by atoms with Gasteiger partial charge in [0.1, 0.15) is 11.3 Å². The number of aryl methyl sites for hydroxylation is 1. The molecule has 2 heterocycles. The Morgan fingerprint density at radius 3 is 2.70 bits per heavy atom. The standard InChI is InChI=1S/C13H14ClF2N3O/c14-4-3-11-17-10-2-1-9(15)12(16)13(10)19(11)18-5-7-20-8-6-18/h1-2H,3-8H2. The van der Waals surface area contributed by atoms with Crippen molar-refractivity contribution in [2.45, 2.75) is 6.42 Å². The van der Waals surface area contributed by atoms with Gasteiger partial charge in [0.15, 0.2) is 11.6 Å². The van der Waals surface area contributed by atoms with Crippen molar-refractivity contribution in [3.63, 3.8) is 0 Å². The van der Waals surface area contributed by atoms with Gasteiger partial charge in [-0.3, -0.25) is 0 Å². The number of ether oxygens (including phenoxy) is 1. The van der Waals surface area contributed by atoms with Crippen LogP contribution in [-0.4, -0.2) is 41.8 Å². The zero-order chi connectivity index (χ0) is 14.1. The summed E-state index contributed by atoms with van der Waals surface area (Å²) in [4.78, 5) is 4.37. The van der Waals surface area contributed by atoms with E-state index in [1.165, 1.54) is 6.07 Å². The molecule has 1 fully saturated rings. The van der Waals surface area contributed by atoms with Crippen molar-refractivity contribution >= 4 is 22.6 Å². The second-order valence-electron chi connectivity index (χ2n) is 4.57. The van der Waals surface area contributed by atoms with Crippen LogP contribution in [0.3, 0.4) is 0 Å². The van der Waals surface area contributed by atoms with Crippen LogP contribution >= 0.6 is 11.6 Å². The topological polar surface area (TPSA) is 30.3 Å². The van der Waals surface area contributed by atoms with Gasteiger partial charge in [-0.2, -0.15) is 0 Å². The van der Waals surface area contributed by atoms with E-state index >= 15 is 0 Å². The van der Waals surface area contributed by atoms with Crippen molar-refractivity contribution in [3.8, 4) is 0 Å². The van der Waals surface area contributed by atoms with Gasteiger partial charge in [-0.05, 0) is 12.1 Å². The van der Waals surface area contributed by atoms with E-state index in [2.05, 4.69) is 4.98 Å². The van der Waals surface area contributed by atoms with Gasteiger partial charge in [0.2, 0.25) is 0 Å². The predicted octanol–water partition coefficient (Wildman–Crippen LogP) is 2.06. The van der Waals surface area contributed by atoms with Crippen molar-refractivity contribution < 1.29 is 13.5 Å². The number of morpholine rings is 1. The molecule has 0 bridgehead atoms. The molecule has 0 atom stereocenters. The third-order valence-electron chi connectivity index (χ3n) is 3.34. The van der Waals surface area contributed by atoms with Crippen molar-refractivity contribution in [3.05, 3.63) is 29.6 Å². The molecule has 2 aromatic rings. The quantitative estimate of drug-likeness (QED) is 0.813. The molecule has 3 rings (SSSR count). The lowest BCUT2D eigenvalue weighted by atomic mass is 10.3. The smallest absolute Gasteiger partial charge is 0.186 e. The van der Waals surface area contributed by atoms with Crippen LogP contribution in [0.15, 0.2) is 12.1 Å². The van der Waals surface area contributed by atoms with Gasteiger partial charge in [0, 0.05) is 12.3 Å². The third-order valence-corrected chi connectivity index (χ3v) is 3.53. The average Bonchev–Trinajstić information content (AvgIpc) is 2.83. The zero-order valence-corrected chi connectivity index (χ0v) is 11.5. The summed E-state index contributed by atoms with van der Waals surface area (Å²) in [5.41, 5.74) is 0.613. The van der Waals surface area contributed by atoms with Crippen LogP contribution in [0.25, 0.3) is 11.0 Å². The molecule has 4 nitrogen and oxygen atoms in total. The average molecular weight is 302 g/mol. The van der Waals surface area contributed by atoms with Gasteiger partial charge in [-0.15, -0.1) is 11.6 Å². The first kappa shape index (κ1) is 13.6. The molecule has 7 heteroatoms. The van der Waals surface area contributed by atoms with Gasteiger partial charge in [0.05, 0.1) is 31.8 Å². The number of alkyl halides is 1. The SMILES string of the molecule is Fc1ccc2nc(CCCl)n(N3CCOCC3)c2c1F. The summed E-state index contributed by atoms with van der Waals surface area (Å²) in [7, 11) is 0. The fourth-order valence-electron chi connectivity index (χ4n) is 2.44. The third kappa shape index (κ3) is 2.23. The van der Waals surface area contributed by atoms with E-state index in [1.807, 2.05) is 5.01 Å². The Morgan fingerprint density at radius 2 is 2.00 bits per heavy atom. The highest BCUT2D eigenvalue weighted by atomic mass is 35.5. The molecule has 0 saturated carbocycles. The first-order valence-corrected chi connectivity index (χ1v) is 7.00. The molecule has 0 N–H and O–H groups in total. The lowest BCUT2D eigenvalue weighted by Crippen LogP contribution is -2.44. The van der Waals surface area contributed by atoms with E-state index in [4.69, 9.17) is 16.3 Å². The highest BCUT2D eigenvalue weighted by Crippen LogP contribution is 2.23. The largest absolute Gasteiger partial charge is 0.378 e. The molecule has 0 unspecified atom stereocenters. The Balaban J connectivity index is 2.18. The fourth-order valence-corrected chi connectivity index (χ4v) is 2.61. The lowest BCUT2D eigenvalue weighted by molar-refractivity contribution is 0.111. The van der Waals surface area contributed by atoms with Gasteiger partial charge in [-0.1, -0.05) is 0 Å². The van der Waals surface area contributed by atoms with Gasteiger partial charge >= 0.3 is 0 Å². The van der Waals surface area contributed by atoms with Crippen LogP contribution < -0.4 is 5.01 Å². The maximum atomic E-state index is 14.1. The maximum absolute atomic E-state index is 14.1. The highest BCUT2D eigenvalue weighted by molar-refractivity contribution is 6.17. The summed E-state index contributed by atoms with van der Waals surface area (Å²) in [5, 5.41) is 1.92. The number of rotatable bonds is 3. The molecule has 0 radical (unpaired) electrons. The molecule has 1 aromatic carbocycles. The van der Waals surface area contributed by atoms with Crippen LogP contribution in [0, 0.1) is 11.6 Å². The minimum absolute atomic E-state index is 0.173. The van der Waals surface area contributed by atoms with E-state index < -0.39 is 11.6 Å². The normalized spacial score (nSPS) is 16.1. The number of halogens is 3. The Hall–Kier alpha value is -1.40. The molecular formula is C13H14ClF2N3O. The molecule has 0 spiro atoms. The second kappa shape index (κ2) is 5.54. The van der Waals surface area contributed by atoms with Gasteiger partial charge < -0.3 is 9.75 Å². The summed E-state index contributed by atoms with van der Waals surface area (Å²) in [6.07, 6.45) is 0.495. The van der Waals surface area contributed by atoms with Crippen LogP contribution in [0.5, 0.6) is 0 Å². The Bertz CT molecular complexity index is 626. The van der Waals surface area contributed by atoms with Crippen molar-refractivity contribution in [2.24, 2.45) is 0 Å². The Labute approximate surface area is 119 Å². The summed E-state index contributed by atoms with van der Waals surface area (Å²) >= 11 is 5.78. The minimum atomic E-state index is -0.873.